The number of hydrogen-bond donors (Lipinski definition) is 2. The highest BCUT2D eigenvalue weighted by Crippen LogP contribution is 2.32. The molecule has 2 aromatic heterocycles. The van der Waals surface area contributed by atoms with Gasteiger partial charge in [0.1, 0.15) is 0 Å². The number of nitrogens with zero attached hydrogens (tertiary/aromatic N) is 3. The van der Waals surface area contributed by atoms with Crippen LogP contribution in [0.15, 0.2) is 40.3 Å². The summed E-state index contributed by atoms with van der Waals surface area (Å²) in [5, 5.41) is 11.0. The topological polar surface area (TPSA) is 88.4 Å². The average Bonchev–Trinajstić information content (AvgIpc) is 3.01. The lowest BCUT2D eigenvalue weighted by molar-refractivity contribution is 0.596. The van der Waals surface area contributed by atoms with Crippen LogP contribution in [0.25, 0.3) is 5.65 Å². The van der Waals surface area contributed by atoms with Gasteiger partial charge in [-0.05, 0) is 18.2 Å². The summed E-state index contributed by atoms with van der Waals surface area (Å²) in [4.78, 5) is 4.57. The molecule has 0 amide bonds. The third-order valence-corrected chi connectivity index (χ3v) is 6.28. The Balaban J connectivity index is 2.01. The van der Waals surface area contributed by atoms with Crippen molar-refractivity contribution in [3.8, 4) is 0 Å². The van der Waals surface area contributed by atoms with Crippen LogP contribution in [-0.2, 0) is 22.8 Å². The van der Waals surface area contributed by atoms with E-state index in [-0.39, 0.29) is 15.6 Å². The molecule has 7 nitrogen and oxygen atoms in total. The van der Waals surface area contributed by atoms with E-state index in [1.54, 1.807) is 29.9 Å². The number of aromatic nitrogens is 3. The van der Waals surface area contributed by atoms with Crippen LogP contribution in [-0.4, -0.2) is 36.6 Å². The number of benzene rings is 1. The molecule has 25 heavy (non-hydrogen) atoms. The summed E-state index contributed by atoms with van der Waals surface area (Å²) >= 11 is 5.98. The smallest absolute Gasteiger partial charge is 0.214 e. The van der Waals surface area contributed by atoms with Crippen molar-refractivity contribution < 1.29 is 8.42 Å². The minimum absolute atomic E-state index is 0.0681. The molecule has 3 heterocycles. The molecule has 1 aliphatic rings. The Morgan fingerprint density at radius 1 is 1.36 bits per heavy atom. The van der Waals surface area contributed by atoms with Gasteiger partial charge in [0.2, 0.25) is 9.84 Å². The normalized spacial score (nSPS) is 14.5. The Morgan fingerprint density at radius 2 is 2.20 bits per heavy atom. The van der Waals surface area contributed by atoms with E-state index in [4.69, 9.17) is 11.6 Å². The van der Waals surface area contributed by atoms with Gasteiger partial charge < -0.3 is 10.6 Å². The van der Waals surface area contributed by atoms with Crippen LogP contribution < -0.4 is 10.6 Å². The van der Waals surface area contributed by atoms with Crippen LogP contribution in [0, 0.1) is 0 Å². The molecule has 0 radical (unpaired) electrons. The van der Waals surface area contributed by atoms with E-state index in [1.807, 2.05) is 0 Å². The lowest BCUT2D eigenvalue weighted by Crippen LogP contribution is -2.26. The van der Waals surface area contributed by atoms with Gasteiger partial charge in [-0.2, -0.15) is 0 Å². The van der Waals surface area contributed by atoms with E-state index < -0.39 is 9.84 Å². The summed E-state index contributed by atoms with van der Waals surface area (Å²) in [6, 6.07) is 6.20. The van der Waals surface area contributed by atoms with E-state index in [1.165, 1.54) is 12.1 Å². The molecule has 3 aromatic rings. The second-order valence-corrected chi connectivity index (χ2v) is 8.10. The van der Waals surface area contributed by atoms with Crippen LogP contribution in [0.4, 0.5) is 5.82 Å². The summed E-state index contributed by atoms with van der Waals surface area (Å²) < 4.78 is 28.0. The van der Waals surface area contributed by atoms with Gasteiger partial charge in [-0.25, -0.2) is 17.9 Å². The van der Waals surface area contributed by atoms with E-state index in [9.17, 15) is 8.42 Å². The zero-order valence-electron chi connectivity index (χ0n) is 13.5. The molecule has 4 rings (SSSR count). The number of sulfone groups is 1. The summed E-state index contributed by atoms with van der Waals surface area (Å²) in [7, 11) is -2.18. The highest BCUT2D eigenvalue weighted by Gasteiger charge is 2.30. The maximum atomic E-state index is 13.2. The predicted molar refractivity (Wildman–Crippen MR) is 94.8 cm³/mol. The van der Waals surface area contributed by atoms with E-state index in [2.05, 4.69) is 20.7 Å². The second kappa shape index (κ2) is 5.98. The predicted octanol–water partition coefficient (Wildman–Crippen LogP) is 1.90. The molecule has 1 aromatic carbocycles. The molecule has 0 saturated carbocycles. The number of anilines is 1. The number of halogens is 1. The van der Waals surface area contributed by atoms with Crippen molar-refractivity contribution in [2.24, 2.45) is 0 Å². The van der Waals surface area contributed by atoms with Gasteiger partial charge in [0.15, 0.2) is 16.4 Å². The molecule has 130 valence electrons. The zero-order valence-corrected chi connectivity index (χ0v) is 15.0. The van der Waals surface area contributed by atoms with Crippen molar-refractivity contribution >= 4 is 32.9 Å². The van der Waals surface area contributed by atoms with Gasteiger partial charge in [-0.3, -0.25) is 0 Å². The van der Waals surface area contributed by atoms with Crippen LogP contribution >= 0.6 is 11.6 Å². The SMILES string of the molecule is CNc1nn2c3c(cnc2c1S(=O)(=O)c1cccc(Cl)c1)CNCC3. The molecule has 0 bridgehead atoms. The maximum Gasteiger partial charge on any atom is 0.214 e. The number of hydrogen-bond acceptors (Lipinski definition) is 6. The van der Waals surface area contributed by atoms with Crippen LogP contribution in [0.1, 0.15) is 11.3 Å². The van der Waals surface area contributed by atoms with Crippen LogP contribution in [0.3, 0.4) is 0 Å². The molecule has 0 atom stereocenters. The summed E-state index contributed by atoms with van der Waals surface area (Å²) in [6.45, 7) is 1.51. The first-order valence-corrected chi connectivity index (χ1v) is 9.67. The van der Waals surface area contributed by atoms with Gasteiger partial charge in [0, 0.05) is 43.3 Å². The second-order valence-electron chi connectivity index (χ2n) is 5.78. The molecule has 9 heteroatoms. The van der Waals surface area contributed by atoms with Gasteiger partial charge >= 0.3 is 0 Å². The Bertz CT molecular complexity index is 1080. The highest BCUT2D eigenvalue weighted by molar-refractivity contribution is 7.91. The Morgan fingerprint density at radius 3 is 2.96 bits per heavy atom. The van der Waals surface area contributed by atoms with Crippen molar-refractivity contribution in [3.63, 3.8) is 0 Å². The van der Waals surface area contributed by atoms with E-state index in [0.717, 1.165) is 24.2 Å². The molecule has 0 aliphatic carbocycles. The van der Waals surface area contributed by atoms with Gasteiger partial charge in [0.25, 0.3) is 0 Å². The molecule has 0 saturated heterocycles. The largest absolute Gasteiger partial charge is 0.370 e. The fourth-order valence-electron chi connectivity index (χ4n) is 3.05. The lowest BCUT2D eigenvalue weighted by Gasteiger charge is -2.17. The van der Waals surface area contributed by atoms with Crippen molar-refractivity contribution in [2.75, 3.05) is 18.9 Å². The monoisotopic (exact) mass is 377 g/mol. The Kier molecular flexibility index (Phi) is 3.90. The van der Waals surface area contributed by atoms with E-state index >= 15 is 0 Å². The third kappa shape index (κ3) is 2.57. The van der Waals surface area contributed by atoms with Crippen LogP contribution in [0.2, 0.25) is 5.02 Å². The molecule has 0 unspecified atom stereocenters. The maximum absolute atomic E-state index is 13.2. The van der Waals surface area contributed by atoms with Crippen molar-refractivity contribution in [3.05, 3.63) is 46.7 Å². The van der Waals surface area contributed by atoms with Crippen molar-refractivity contribution in [1.29, 1.82) is 0 Å². The van der Waals surface area contributed by atoms with Gasteiger partial charge in [-0.1, -0.05) is 17.7 Å². The summed E-state index contributed by atoms with van der Waals surface area (Å²) in [5.74, 6) is 0.277. The molecule has 1 aliphatic heterocycles. The summed E-state index contributed by atoms with van der Waals surface area (Å²) in [6.07, 6.45) is 2.48. The van der Waals surface area contributed by atoms with Crippen LogP contribution in [0.5, 0.6) is 0 Å². The lowest BCUT2D eigenvalue weighted by atomic mass is 10.1. The van der Waals surface area contributed by atoms with E-state index in [0.29, 0.717) is 17.2 Å². The number of fused-ring (bicyclic) bond motifs is 3. The van der Waals surface area contributed by atoms with Gasteiger partial charge in [-0.15, -0.1) is 5.10 Å². The zero-order chi connectivity index (χ0) is 17.6. The average molecular weight is 378 g/mol. The quantitative estimate of drug-likeness (QED) is 0.724. The molecular formula is C16H16ClN5O2S. The summed E-state index contributed by atoms with van der Waals surface area (Å²) in [5.41, 5.74) is 2.33. The highest BCUT2D eigenvalue weighted by atomic mass is 35.5. The number of rotatable bonds is 3. The minimum atomic E-state index is -3.82. The first kappa shape index (κ1) is 16.3. The van der Waals surface area contributed by atoms with Crippen molar-refractivity contribution in [1.82, 2.24) is 19.9 Å². The molecule has 0 spiro atoms. The first-order chi connectivity index (χ1) is 12.0. The standard InChI is InChI=1S/C16H16ClN5O2S/c1-18-15-14(25(23,24)12-4-2-3-11(17)7-12)16-20-9-10-8-19-6-5-13(10)22(16)21-15/h2-4,7,9,19H,5-6,8H2,1H3,(H,18,21). The van der Waals surface area contributed by atoms with Gasteiger partial charge in [0.05, 0.1) is 10.6 Å². The molecule has 2 N–H and O–H groups in total. The van der Waals surface area contributed by atoms with Crippen molar-refractivity contribution in [2.45, 2.75) is 22.8 Å². The molecule has 0 fully saturated rings. The minimum Gasteiger partial charge on any atom is -0.370 e. The third-order valence-electron chi connectivity index (χ3n) is 4.25. The fourth-order valence-corrected chi connectivity index (χ4v) is 4.86. The first-order valence-electron chi connectivity index (χ1n) is 7.81. The number of nitrogens with one attached hydrogen (secondary N) is 2. The Hall–Kier alpha value is -2.16. The fraction of sp³-hybridized carbons (Fsp3) is 0.250. The molecular weight excluding hydrogens is 362 g/mol. The Labute approximate surface area is 149 Å².